The first-order chi connectivity index (χ1) is 13.5. The maximum absolute atomic E-state index is 12.4. The number of rotatable bonds is 3. The molecule has 0 unspecified atom stereocenters. The Balaban J connectivity index is 1.65. The average Bonchev–Trinajstić information content (AvgIpc) is 2.99. The quantitative estimate of drug-likeness (QED) is 0.709. The number of ether oxygens (including phenoxy) is 1. The zero-order chi connectivity index (χ0) is 19.7. The molecular formula is C20H19N3O4S. The number of hydrogen-bond donors (Lipinski definition) is 2. The maximum atomic E-state index is 12.4. The predicted octanol–water partition coefficient (Wildman–Crippen LogP) is 2.53. The first kappa shape index (κ1) is 18.2. The second-order valence-electron chi connectivity index (χ2n) is 6.54. The van der Waals surface area contributed by atoms with Gasteiger partial charge in [-0.1, -0.05) is 12.1 Å². The third-order valence-corrected chi connectivity index (χ3v) is 5.58. The highest BCUT2D eigenvalue weighted by Crippen LogP contribution is 2.39. The largest absolute Gasteiger partial charge is 0.504 e. The first-order valence-electron chi connectivity index (χ1n) is 8.88. The van der Waals surface area contributed by atoms with Crippen molar-refractivity contribution in [1.29, 1.82) is 0 Å². The number of fused-ring (bicyclic) bond motifs is 2. The topological polar surface area (TPSA) is 91.8 Å². The van der Waals surface area contributed by atoms with E-state index in [1.165, 1.54) is 6.92 Å². The lowest BCUT2D eigenvalue weighted by molar-refractivity contribution is -0.133. The fourth-order valence-corrected chi connectivity index (χ4v) is 4.10. The summed E-state index contributed by atoms with van der Waals surface area (Å²) in [7, 11) is 0. The summed E-state index contributed by atoms with van der Waals surface area (Å²) in [5, 5.41) is 13.8. The van der Waals surface area contributed by atoms with Crippen LogP contribution in [0.15, 0.2) is 36.4 Å². The van der Waals surface area contributed by atoms with Crippen molar-refractivity contribution in [2.75, 3.05) is 19.7 Å². The van der Waals surface area contributed by atoms with E-state index in [1.807, 2.05) is 30.3 Å². The second-order valence-corrected chi connectivity index (χ2v) is 7.57. The van der Waals surface area contributed by atoms with Crippen molar-refractivity contribution < 1.29 is 19.4 Å². The summed E-state index contributed by atoms with van der Waals surface area (Å²) in [5.41, 5.74) is 2.39. The molecule has 4 rings (SSSR count). The Morgan fingerprint density at radius 3 is 2.93 bits per heavy atom. The van der Waals surface area contributed by atoms with Crippen LogP contribution in [0.25, 0.3) is 20.8 Å². The molecule has 0 saturated carbocycles. The number of nitrogens with one attached hydrogen (secondary N) is 1. The molecule has 0 bridgehead atoms. The fraction of sp³-hybridized carbons (Fsp3) is 0.250. The molecule has 0 radical (unpaired) electrons. The van der Waals surface area contributed by atoms with E-state index in [1.54, 1.807) is 22.3 Å². The molecule has 7 nitrogen and oxygen atoms in total. The molecular weight excluding hydrogens is 378 g/mol. The molecule has 0 atom stereocenters. The van der Waals surface area contributed by atoms with Crippen molar-refractivity contribution in [2.45, 2.75) is 13.5 Å². The number of carbonyl (C=O) groups is 2. The number of thiazole rings is 1. The first-order valence-corrected chi connectivity index (χ1v) is 9.70. The summed E-state index contributed by atoms with van der Waals surface area (Å²) in [6, 6.07) is 11.4. The zero-order valence-corrected chi connectivity index (χ0v) is 16.1. The molecule has 2 amide bonds. The van der Waals surface area contributed by atoms with E-state index in [2.05, 4.69) is 10.3 Å². The average molecular weight is 397 g/mol. The molecule has 2 aromatic carbocycles. The van der Waals surface area contributed by atoms with Gasteiger partial charge < -0.3 is 20.1 Å². The molecule has 8 heteroatoms. The van der Waals surface area contributed by atoms with E-state index in [4.69, 9.17) is 4.74 Å². The number of para-hydroxylation sites is 1. The number of aromatic nitrogens is 1. The van der Waals surface area contributed by atoms with Crippen molar-refractivity contribution in [3.63, 3.8) is 0 Å². The van der Waals surface area contributed by atoms with Gasteiger partial charge in [-0.05, 0) is 24.3 Å². The van der Waals surface area contributed by atoms with E-state index < -0.39 is 0 Å². The van der Waals surface area contributed by atoms with E-state index in [-0.39, 0.29) is 30.7 Å². The number of phenols is 1. The van der Waals surface area contributed by atoms with Crippen molar-refractivity contribution in [3.8, 4) is 22.1 Å². The number of aromatic hydroxyl groups is 1. The van der Waals surface area contributed by atoms with Gasteiger partial charge in [0.15, 0.2) is 11.5 Å². The molecule has 1 aromatic heterocycles. The highest BCUT2D eigenvalue weighted by molar-refractivity contribution is 7.21. The van der Waals surface area contributed by atoms with E-state index in [9.17, 15) is 14.7 Å². The van der Waals surface area contributed by atoms with Gasteiger partial charge in [0.25, 0.3) is 0 Å². The summed E-state index contributed by atoms with van der Waals surface area (Å²) < 4.78 is 6.75. The van der Waals surface area contributed by atoms with Crippen LogP contribution in [-0.4, -0.2) is 46.5 Å². The number of carbonyl (C=O) groups excluding carboxylic acids is 2. The van der Waals surface area contributed by atoms with Crippen LogP contribution in [0.5, 0.6) is 11.5 Å². The van der Waals surface area contributed by atoms with Gasteiger partial charge >= 0.3 is 0 Å². The highest BCUT2D eigenvalue weighted by Gasteiger charge is 2.23. The molecule has 28 heavy (non-hydrogen) atoms. The summed E-state index contributed by atoms with van der Waals surface area (Å²) in [4.78, 5) is 29.7. The monoisotopic (exact) mass is 397 g/mol. The van der Waals surface area contributed by atoms with Crippen LogP contribution < -0.4 is 10.1 Å². The third-order valence-electron chi connectivity index (χ3n) is 4.50. The minimum Gasteiger partial charge on any atom is -0.504 e. The Morgan fingerprint density at radius 2 is 2.14 bits per heavy atom. The molecule has 3 aromatic rings. The zero-order valence-electron chi connectivity index (χ0n) is 15.3. The van der Waals surface area contributed by atoms with Gasteiger partial charge in [-0.2, -0.15) is 0 Å². The lowest BCUT2D eigenvalue weighted by Crippen LogP contribution is -2.40. The molecule has 2 heterocycles. The fourth-order valence-electron chi connectivity index (χ4n) is 3.14. The molecule has 1 aliphatic rings. The number of hydrogen-bond acceptors (Lipinski definition) is 6. The van der Waals surface area contributed by atoms with Crippen molar-refractivity contribution >= 4 is 33.4 Å². The second kappa shape index (κ2) is 7.47. The molecule has 0 saturated heterocycles. The van der Waals surface area contributed by atoms with Crippen LogP contribution in [0.3, 0.4) is 0 Å². The highest BCUT2D eigenvalue weighted by atomic mass is 32.1. The summed E-state index contributed by atoms with van der Waals surface area (Å²) in [5.74, 6) is -0.0327. The molecule has 1 aliphatic heterocycles. The van der Waals surface area contributed by atoms with Crippen LogP contribution in [0.4, 0.5) is 0 Å². The molecule has 0 spiro atoms. The Morgan fingerprint density at radius 1 is 1.32 bits per heavy atom. The van der Waals surface area contributed by atoms with Crippen molar-refractivity contribution in [1.82, 2.24) is 15.2 Å². The summed E-state index contributed by atoms with van der Waals surface area (Å²) in [6.07, 6.45) is 0. The normalized spacial score (nSPS) is 13.5. The number of nitrogens with zero attached hydrogens (tertiary/aromatic N) is 2. The smallest absolute Gasteiger partial charge is 0.242 e. The van der Waals surface area contributed by atoms with Gasteiger partial charge in [0.2, 0.25) is 11.8 Å². The Hall–Kier alpha value is -3.13. The van der Waals surface area contributed by atoms with Gasteiger partial charge in [0.1, 0.15) is 11.6 Å². The van der Waals surface area contributed by atoms with Gasteiger partial charge in [-0.3, -0.25) is 9.59 Å². The minimum absolute atomic E-state index is 0.0305. The van der Waals surface area contributed by atoms with Gasteiger partial charge in [-0.25, -0.2) is 4.98 Å². The van der Waals surface area contributed by atoms with E-state index in [0.29, 0.717) is 24.4 Å². The predicted molar refractivity (Wildman–Crippen MR) is 106 cm³/mol. The maximum Gasteiger partial charge on any atom is 0.242 e. The number of amides is 2. The third kappa shape index (κ3) is 3.63. The Labute approximate surface area is 165 Å². The standard InChI is InChI=1S/C20H19N3O4S/c1-12(24)21-10-18(26)23-6-7-27-19-14(11-23)8-13(9-16(19)25)20-22-15-4-2-3-5-17(15)28-20/h2-5,8-9,25H,6-7,10-11H2,1H3,(H,21,24). The van der Waals surface area contributed by atoms with Crippen LogP contribution in [0.2, 0.25) is 0 Å². The summed E-state index contributed by atoms with van der Waals surface area (Å²) in [6.45, 7) is 2.25. The van der Waals surface area contributed by atoms with Crippen LogP contribution in [0.1, 0.15) is 12.5 Å². The van der Waals surface area contributed by atoms with Crippen LogP contribution in [0, 0.1) is 0 Å². The molecule has 0 fully saturated rings. The van der Waals surface area contributed by atoms with Crippen molar-refractivity contribution in [2.24, 2.45) is 0 Å². The lowest BCUT2D eigenvalue weighted by atomic mass is 10.1. The van der Waals surface area contributed by atoms with Crippen LogP contribution in [-0.2, 0) is 16.1 Å². The van der Waals surface area contributed by atoms with Gasteiger partial charge in [0, 0.05) is 24.6 Å². The Kier molecular flexibility index (Phi) is 4.87. The number of benzene rings is 2. The SMILES string of the molecule is CC(=O)NCC(=O)N1CCOc2c(O)cc(-c3nc4ccccc4s3)cc2C1. The van der Waals surface area contributed by atoms with Crippen molar-refractivity contribution in [3.05, 3.63) is 42.0 Å². The van der Waals surface area contributed by atoms with E-state index >= 15 is 0 Å². The molecule has 0 aliphatic carbocycles. The summed E-state index contributed by atoms with van der Waals surface area (Å²) >= 11 is 1.54. The molecule has 144 valence electrons. The van der Waals surface area contributed by atoms with Gasteiger partial charge in [0.05, 0.1) is 23.3 Å². The number of phenolic OH excluding ortho intramolecular Hbond substituents is 1. The minimum atomic E-state index is -0.254. The van der Waals surface area contributed by atoms with E-state index in [0.717, 1.165) is 20.8 Å². The van der Waals surface area contributed by atoms with Gasteiger partial charge in [-0.15, -0.1) is 11.3 Å². The lowest BCUT2D eigenvalue weighted by Gasteiger charge is -2.20. The molecule has 2 N–H and O–H groups in total. The Bertz CT molecular complexity index is 1030. The van der Waals surface area contributed by atoms with Crippen LogP contribution >= 0.6 is 11.3 Å².